The maximum Gasteiger partial charge on any atom is 0.119 e. The molecule has 0 bridgehead atoms. The fourth-order valence-corrected chi connectivity index (χ4v) is 0.760. The van der Waals surface area contributed by atoms with E-state index < -0.39 is 0 Å². The van der Waals surface area contributed by atoms with Gasteiger partial charge in [0.15, 0.2) is 0 Å². The van der Waals surface area contributed by atoms with Crippen LogP contribution in [-0.2, 0) is 4.74 Å². The molecule has 0 aromatic heterocycles. The number of rotatable bonds is 4. The van der Waals surface area contributed by atoms with E-state index in [0.29, 0.717) is 19.6 Å². The van der Waals surface area contributed by atoms with Crippen LogP contribution < -0.4 is 4.74 Å². The quantitative estimate of drug-likeness (QED) is 0.713. The third kappa shape index (κ3) is 8.79. The smallest absolute Gasteiger partial charge is 0.119 e. The van der Waals surface area contributed by atoms with Gasteiger partial charge < -0.3 is 9.47 Å². The van der Waals surface area contributed by atoms with E-state index in [1.54, 1.807) is 7.11 Å². The Morgan fingerprint density at radius 3 is 2.27 bits per heavy atom. The highest BCUT2D eigenvalue weighted by Gasteiger charge is 1.88. The van der Waals surface area contributed by atoms with Crippen molar-refractivity contribution in [3.05, 3.63) is 30.3 Å². The number of benzene rings is 1. The van der Waals surface area contributed by atoms with Gasteiger partial charge in [0, 0.05) is 13.5 Å². The van der Waals surface area contributed by atoms with Gasteiger partial charge in [0.2, 0.25) is 0 Å². The van der Waals surface area contributed by atoms with Crippen molar-refractivity contribution < 1.29 is 9.47 Å². The first-order chi connectivity index (χ1) is 7.35. The van der Waals surface area contributed by atoms with Crippen LogP contribution in [0.2, 0.25) is 0 Å². The average Bonchev–Trinajstić information content (AvgIpc) is 2.31. The zero-order valence-electron chi connectivity index (χ0n) is 9.27. The van der Waals surface area contributed by atoms with Gasteiger partial charge in [0.1, 0.15) is 12.4 Å². The molecule has 3 nitrogen and oxygen atoms in total. The molecule has 0 heterocycles. The Morgan fingerprint density at radius 1 is 1.20 bits per heavy atom. The number of ether oxygens (including phenoxy) is 2. The Hall–Kier alpha value is -1.53. The Balaban J connectivity index is 0.000000423. The molecule has 0 N–H and O–H groups in total. The van der Waals surface area contributed by atoms with Crippen molar-refractivity contribution in [2.24, 2.45) is 0 Å². The normalized spacial score (nSPS) is 8.33. The molecule has 1 aromatic rings. The average molecular weight is 207 g/mol. The lowest BCUT2D eigenvalue weighted by Gasteiger charge is -2.03. The second-order valence-electron chi connectivity index (χ2n) is 2.67. The monoisotopic (exact) mass is 207 g/mol. The van der Waals surface area contributed by atoms with Gasteiger partial charge in [0.05, 0.1) is 12.7 Å². The molecule has 15 heavy (non-hydrogen) atoms. The van der Waals surface area contributed by atoms with Gasteiger partial charge in [-0.05, 0) is 12.1 Å². The molecule has 0 fully saturated rings. The summed E-state index contributed by atoms with van der Waals surface area (Å²) in [6.07, 6.45) is 0.625. The van der Waals surface area contributed by atoms with Crippen molar-refractivity contribution in [3.8, 4) is 11.8 Å². The van der Waals surface area contributed by atoms with Gasteiger partial charge in [-0.25, -0.2) is 0 Å². The fourth-order valence-electron chi connectivity index (χ4n) is 0.760. The molecule has 0 unspecified atom stereocenters. The molecule has 82 valence electrons. The minimum Gasteiger partial charge on any atom is -0.491 e. The maximum atomic E-state index is 7.62. The standard InChI is InChI=1S/C9H12O2.C3H5N/c1-10-7-8-11-9-5-3-2-4-6-9;1-2-3-4/h2-6H,7-8H2,1H3;2H2,1H3. The highest BCUT2D eigenvalue weighted by molar-refractivity contribution is 5.20. The van der Waals surface area contributed by atoms with Gasteiger partial charge in [-0.1, -0.05) is 25.1 Å². The van der Waals surface area contributed by atoms with E-state index in [-0.39, 0.29) is 0 Å². The Bertz CT molecular complexity index is 267. The first kappa shape index (κ1) is 13.5. The number of hydrogen-bond donors (Lipinski definition) is 0. The zero-order valence-corrected chi connectivity index (χ0v) is 9.27. The van der Waals surface area contributed by atoms with E-state index in [4.69, 9.17) is 14.7 Å². The fraction of sp³-hybridized carbons (Fsp3) is 0.417. The summed E-state index contributed by atoms with van der Waals surface area (Å²) in [6, 6.07) is 11.6. The Kier molecular flexibility index (Phi) is 9.47. The molecular formula is C12H17NO2. The Morgan fingerprint density at radius 2 is 1.80 bits per heavy atom. The van der Waals surface area contributed by atoms with Gasteiger partial charge in [-0.3, -0.25) is 0 Å². The summed E-state index contributed by atoms with van der Waals surface area (Å²) in [5.74, 6) is 0.893. The van der Waals surface area contributed by atoms with E-state index in [1.807, 2.05) is 43.3 Å². The zero-order chi connectivity index (χ0) is 11.4. The lowest BCUT2D eigenvalue weighted by atomic mass is 10.3. The summed E-state index contributed by atoms with van der Waals surface area (Å²) in [5.41, 5.74) is 0. The van der Waals surface area contributed by atoms with E-state index in [2.05, 4.69) is 0 Å². The lowest BCUT2D eigenvalue weighted by Crippen LogP contribution is -2.03. The second kappa shape index (κ2) is 10.6. The van der Waals surface area contributed by atoms with Crippen molar-refractivity contribution >= 4 is 0 Å². The minimum atomic E-state index is 0.612. The van der Waals surface area contributed by atoms with Gasteiger partial charge in [-0.2, -0.15) is 5.26 Å². The van der Waals surface area contributed by atoms with Gasteiger partial charge >= 0.3 is 0 Å². The molecule has 0 aliphatic carbocycles. The van der Waals surface area contributed by atoms with Crippen molar-refractivity contribution in [1.82, 2.24) is 0 Å². The highest BCUT2D eigenvalue weighted by Crippen LogP contribution is 2.07. The molecule has 0 saturated carbocycles. The summed E-state index contributed by atoms with van der Waals surface area (Å²) in [5, 5.41) is 7.62. The molecule has 1 rings (SSSR count). The maximum absolute atomic E-state index is 7.62. The van der Waals surface area contributed by atoms with Crippen LogP contribution in [0, 0.1) is 11.3 Å². The SMILES string of the molecule is CCC#N.COCCOc1ccccc1. The van der Waals surface area contributed by atoms with Crippen molar-refractivity contribution in [2.45, 2.75) is 13.3 Å². The summed E-state index contributed by atoms with van der Waals surface area (Å²) in [4.78, 5) is 0. The molecule has 0 spiro atoms. The molecule has 0 atom stereocenters. The molecule has 0 saturated heterocycles. The minimum absolute atomic E-state index is 0.612. The van der Waals surface area contributed by atoms with Crippen molar-refractivity contribution in [2.75, 3.05) is 20.3 Å². The second-order valence-corrected chi connectivity index (χ2v) is 2.67. The number of nitrogens with zero attached hydrogens (tertiary/aromatic N) is 1. The third-order valence-electron chi connectivity index (χ3n) is 1.46. The molecule has 0 amide bonds. The Labute approximate surface area is 91.2 Å². The summed E-state index contributed by atoms with van der Waals surface area (Å²) in [7, 11) is 1.66. The van der Waals surface area contributed by atoms with Crippen LogP contribution in [-0.4, -0.2) is 20.3 Å². The van der Waals surface area contributed by atoms with E-state index in [9.17, 15) is 0 Å². The van der Waals surface area contributed by atoms with Crippen molar-refractivity contribution in [3.63, 3.8) is 0 Å². The molecule has 3 heteroatoms. The molecule has 0 aliphatic rings. The molecular weight excluding hydrogens is 190 g/mol. The third-order valence-corrected chi connectivity index (χ3v) is 1.46. The molecule has 0 aliphatic heterocycles. The first-order valence-electron chi connectivity index (χ1n) is 4.88. The van der Waals surface area contributed by atoms with Crippen LogP contribution in [0.1, 0.15) is 13.3 Å². The first-order valence-corrected chi connectivity index (χ1v) is 4.88. The number of nitriles is 1. The van der Waals surface area contributed by atoms with E-state index in [0.717, 1.165) is 5.75 Å². The van der Waals surface area contributed by atoms with E-state index in [1.165, 1.54) is 0 Å². The van der Waals surface area contributed by atoms with Crippen LogP contribution in [0.3, 0.4) is 0 Å². The van der Waals surface area contributed by atoms with Crippen LogP contribution in [0.4, 0.5) is 0 Å². The predicted molar refractivity (Wildman–Crippen MR) is 59.7 cm³/mol. The highest BCUT2D eigenvalue weighted by atomic mass is 16.5. The van der Waals surface area contributed by atoms with Crippen LogP contribution >= 0.6 is 0 Å². The van der Waals surface area contributed by atoms with Gasteiger partial charge in [0.25, 0.3) is 0 Å². The summed E-state index contributed by atoms with van der Waals surface area (Å²) < 4.78 is 10.2. The number of hydrogen-bond acceptors (Lipinski definition) is 3. The van der Waals surface area contributed by atoms with Gasteiger partial charge in [-0.15, -0.1) is 0 Å². The van der Waals surface area contributed by atoms with Crippen LogP contribution in [0.25, 0.3) is 0 Å². The molecule has 1 aromatic carbocycles. The van der Waals surface area contributed by atoms with Crippen molar-refractivity contribution in [1.29, 1.82) is 5.26 Å². The van der Waals surface area contributed by atoms with Crippen LogP contribution in [0.15, 0.2) is 30.3 Å². The molecule has 0 radical (unpaired) electrons. The van der Waals surface area contributed by atoms with E-state index >= 15 is 0 Å². The largest absolute Gasteiger partial charge is 0.491 e. The topological polar surface area (TPSA) is 42.2 Å². The van der Waals surface area contributed by atoms with Crippen LogP contribution in [0.5, 0.6) is 5.75 Å². The summed E-state index contributed by atoms with van der Waals surface area (Å²) in [6.45, 7) is 3.06. The lowest BCUT2D eigenvalue weighted by molar-refractivity contribution is 0.146. The number of methoxy groups -OCH3 is 1. The number of para-hydroxylation sites is 1. The summed E-state index contributed by atoms with van der Waals surface area (Å²) >= 11 is 0. The predicted octanol–water partition coefficient (Wildman–Crippen LogP) is 2.63.